The van der Waals surface area contributed by atoms with Crippen LogP contribution >= 0.6 is 22.9 Å². The standard InChI is InChI=1S/C9H11ClO2S/c1-9(8-3-2-4-13-8)11-6-7(5-10)12-9/h2-4,7H,5-6H2,1H3. The van der Waals surface area contributed by atoms with Gasteiger partial charge in [0, 0.05) is 0 Å². The van der Waals surface area contributed by atoms with Crippen LogP contribution in [0, 0.1) is 0 Å². The molecule has 0 aromatic carbocycles. The van der Waals surface area contributed by atoms with Crippen molar-refractivity contribution >= 4 is 22.9 Å². The van der Waals surface area contributed by atoms with E-state index in [4.69, 9.17) is 21.1 Å². The Morgan fingerprint density at radius 2 is 2.62 bits per heavy atom. The van der Waals surface area contributed by atoms with Gasteiger partial charge in [0.15, 0.2) is 0 Å². The van der Waals surface area contributed by atoms with Crippen LogP contribution in [0.5, 0.6) is 0 Å². The summed E-state index contributed by atoms with van der Waals surface area (Å²) in [5.74, 6) is -0.0886. The van der Waals surface area contributed by atoms with Gasteiger partial charge >= 0.3 is 0 Å². The molecule has 0 N–H and O–H groups in total. The zero-order chi connectivity index (χ0) is 9.31. The van der Waals surface area contributed by atoms with Gasteiger partial charge < -0.3 is 9.47 Å². The molecule has 2 heterocycles. The fourth-order valence-electron chi connectivity index (χ4n) is 1.38. The quantitative estimate of drug-likeness (QED) is 0.711. The number of hydrogen-bond donors (Lipinski definition) is 0. The molecule has 1 aromatic heterocycles. The molecule has 4 heteroatoms. The van der Waals surface area contributed by atoms with Crippen LogP contribution in [0.25, 0.3) is 0 Å². The molecule has 0 radical (unpaired) electrons. The SMILES string of the molecule is CC1(c2cccs2)OCC(CCl)O1. The lowest BCUT2D eigenvalue weighted by molar-refractivity contribution is -0.156. The Morgan fingerprint density at radius 3 is 3.15 bits per heavy atom. The lowest BCUT2D eigenvalue weighted by Crippen LogP contribution is -2.22. The smallest absolute Gasteiger partial charge is 0.201 e. The van der Waals surface area contributed by atoms with Crippen LogP contribution < -0.4 is 0 Å². The van der Waals surface area contributed by atoms with Crippen molar-refractivity contribution in [1.29, 1.82) is 0 Å². The van der Waals surface area contributed by atoms with Crippen molar-refractivity contribution in [2.24, 2.45) is 0 Å². The van der Waals surface area contributed by atoms with Crippen LogP contribution in [0.2, 0.25) is 0 Å². The van der Waals surface area contributed by atoms with Gasteiger partial charge in [-0.1, -0.05) is 6.07 Å². The van der Waals surface area contributed by atoms with Crippen molar-refractivity contribution in [3.8, 4) is 0 Å². The predicted octanol–water partition coefficient (Wildman–Crippen LogP) is 2.58. The first kappa shape index (κ1) is 9.46. The van der Waals surface area contributed by atoms with Gasteiger partial charge in [0.05, 0.1) is 23.5 Å². The van der Waals surface area contributed by atoms with E-state index in [2.05, 4.69) is 0 Å². The van der Waals surface area contributed by atoms with Gasteiger partial charge in [-0.25, -0.2) is 0 Å². The van der Waals surface area contributed by atoms with Crippen LogP contribution in [0.15, 0.2) is 17.5 Å². The topological polar surface area (TPSA) is 18.5 Å². The molecule has 72 valence electrons. The summed E-state index contributed by atoms with van der Waals surface area (Å²) in [7, 11) is 0. The summed E-state index contributed by atoms with van der Waals surface area (Å²) < 4.78 is 11.3. The average Bonchev–Trinajstić information content (AvgIpc) is 2.72. The number of rotatable bonds is 2. The second kappa shape index (κ2) is 3.58. The minimum absolute atomic E-state index is 0.0220. The molecule has 1 aromatic rings. The molecule has 2 rings (SSSR count). The molecule has 0 bridgehead atoms. The van der Waals surface area contributed by atoms with Crippen molar-refractivity contribution in [1.82, 2.24) is 0 Å². The Hall–Kier alpha value is -0.0900. The molecular weight excluding hydrogens is 208 g/mol. The number of thiophene rings is 1. The third-order valence-corrected chi connectivity index (χ3v) is 3.48. The molecule has 2 unspecified atom stereocenters. The molecule has 0 amide bonds. The molecule has 0 spiro atoms. The Labute approximate surface area is 86.4 Å². The molecule has 1 fully saturated rings. The van der Waals surface area contributed by atoms with E-state index < -0.39 is 5.79 Å². The molecule has 0 aliphatic carbocycles. The van der Waals surface area contributed by atoms with Crippen molar-refractivity contribution in [2.45, 2.75) is 18.8 Å². The first-order valence-corrected chi connectivity index (χ1v) is 5.58. The summed E-state index contributed by atoms with van der Waals surface area (Å²) in [4.78, 5) is 1.10. The van der Waals surface area contributed by atoms with E-state index in [0.29, 0.717) is 12.5 Å². The second-order valence-electron chi connectivity index (χ2n) is 3.13. The van der Waals surface area contributed by atoms with Crippen molar-refractivity contribution in [3.63, 3.8) is 0 Å². The molecular formula is C9H11ClO2S. The summed E-state index contributed by atoms with van der Waals surface area (Å²) in [6.07, 6.45) is 0.0220. The number of ether oxygens (including phenoxy) is 2. The van der Waals surface area contributed by atoms with E-state index >= 15 is 0 Å². The molecule has 1 aliphatic heterocycles. The minimum atomic E-state index is -0.576. The van der Waals surface area contributed by atoms with Crippen LogP contribution in [0.4, 0.5) is 0 Å². The Morgan fingerprint density at radius 1 is 1.77 bits per heavy atom. The van der Waals surface area contributed by atoms with Gasteiger partial charge in [-0.2, -0.15) is 0 Å². The fraction of sp³-hybridized carbons (Fsp3) is 0.556. The largest absolute Gasteiger partial charge is 0.343 e. The lowest BCUT2D eigenvalue weighted by Gasteiger charge is -2.21. The van der Waals surface area contributed by atoms with Gasteiger partial charge in [0.2, 0.25) is 5.79 Å². The molecule has 1 saturated heterocycles. The molecule has 2 atom stereocenters. The molecule has 2 nitrogen and oxygen atoms in total. The van der Waals surface area contributed by atoms with E-state index in [1.165, 1.54) is 0 Å². The molecule has 1 aliphatic rings. The minimum Gasteiger partial charge on any atom is -0.343 e. The summed E-state index contributed by atoms with van der Waals surface area (Å²) in [5, 5.41) is 2.02. The van der Waals surface area contributed by atoms with Crippen LogP contribution in [0.1, 0.15) is 11.8 Å². The second-order valence-corrected chi connectivity index (χ2v) is 4.38. The average molecular weight is 219 g/mol. The van der Waals surface area contributed by atoms with Crippen molar-refractivity contribution in [2.75, 3.05) is 12.5 Å². The van der Waals surface area contributed by atoms with E-state index in [9.17, 15) is 0 Å². The van der Waals surface area contributed by atoms with E-state index in [-0.39, 0.29) is 6.10 Å². The molecule has 13 heavy (non-hydrogen) atoms. The van der Waals surface area contributed by atoms with E-state index in [1.54, 1.807) is 11.3 Å². The summed E-state index contributed by atoms with van der Waals surface area (Å²) in [6.45, 7) is 2.52. The summed E-state index contributed by atoms with van der Waals surface area (Å²) >= 11 is 7.33. The zero-order valence-electron chi connectivity index (χ0n) is 7.33. The van der Waals surface area contributed by atoms with Gasteiger partial charge in [0.25, 0.3) is 0 Å². The number of hydrogen-bond acceptors (Lipinski definition) is 3. The number of alkyl halides is 1. The summed E-state index contributed by atoms with van der Waals surface area (Å²) in [5.41, 5.74) is 0. The Bertz CT molecular complexity index is 275. The van der Waals surface area contributed by atoms with Crippen molar-refractivity contribution < 1.29 is 9.47 Å². The van der Waals surface area contributed by atoms with Gasteiger partial charge in [-0.05, 0) is 18.4 Å². The first-order valence-electron chi connectivity index (χ1n) is 4.16. The third kappa shape index (κ3) is 1.74. The highest BCUT2D eigenvalue weighted by molar-refractivity contribution is 7.10. The maximum absolute atomic E-state index is 5.70. The normalized spacial score (nSPS) is 33.8. The van der Waals surface area contributed by atoms with E-state index in [1.807, 2.05) is 24.4 Å². The van der Waals surface area contributed by atoms with E-state index in [0.717, 1.165) is 4.88 Å². The summed E-state index contributed by atoms with van der Waals surface area (Å²) in [6, 6.07) is 4.01. The third-order valence-electron chi connectivity index (χ3n) is 2.08. The van der Waals surface area contributed by atoms with Crippen LogP contribution in [-0.2, 0) is 15.3 Å². The Kier molecular flexibility index (Phi) is 2.60. The van der Waals surface area contributed by atoms with Gasteiger partial charge in [-0.15, -0.1) is 22.9 Å². The highest BCUT2D eigenvalue weighted by atomic mass is 35.5. The maximum Gasteiger partial charge on any atom is 0.201 e. The first-order chi connectivity index (χ1) is 6.24. The monoisotopic (exact) mass is 218 g/mol. The van der Waals surface area contributed by atoms with Crippen LogP contribution in [0.3, 0.4) is 0 Å². The highest BCUT2D eigenvalue weighted by Crippen LogP contribution is 2.36. The Balaban J connectivity index is 2.15. The van der Waals surface area contributed by atoms with Gasteiger partial charge in [-0.3, -0.25) is 0 Å². The zero-order valence-corrected chi connectivity index (χ0v) is 8.90. The lowest BCUT2D eigenvalue weighted by atomic mass is 10.2. The van der Waals surface area contributed by atoms with Gasteiger partial charge in [0.1, 0.15) is 0 Å². The van der Waals surface area contributed by atoms with Crippen LogP contribution in [-0.4, -0.2) is 18.6 Å². The predicted molar refractivity (Wildman–Crippen MR) is 53.2 cm³/mol. The maximum atomic E-state index is 5.70. The number of halogens is 1. The molecule has 0 saturated carbocycles. The fourth-order valence-corrected chi connectivity index (χ4v) is 2.31. The highest BCUT2D eigenvalue weighted by Gasteiger charge is 2.39. The van der Waals surface area contributed by atoms with Crippen molar-refractivity contribution in [3.05, 3.63) is 22.4 Å².